The SMILES string of the molecule is CC(C)C(NCc1ccc(S(=O)(=O)N(C)C)o1)C(N)=O. The number of nitrogens with one attached hydrogen (secondary N) is 1. The summed E-state index contributed by atoms with van der Waals surface area (Å²) in [5, 5.41) is 2.83. The fourth-order valence-electron chi connectivity index (χ4n) is 1.65. The largest absolute Gasteiger partial charge is 0.447 e. The van der Waals surface area contributed by atoms with Crippen LogP contribution in [0.3, 0.4) is 0 Å². The van der Waals surface area contributed by atoms with E-state index in [-0.39, 0.29) is 17.6 Å². The Kier molecular flexibility index (Phi) is 5.32. The van der Waals surface area contributed by atoms with Gasteiger partial charge in [-0.05, 0) is 18.1 Å². The van der Waals surface area contributed by atoms with Crippen LogP contribution in [0.1, 0.15) is 19.6 Å². The summed E-state index contributed by atoms with van der Waals surface area (Å²) in [5.74, 6) is 0.0115. The van der Waals surface area contributed by atoms with Crippen LogP contribution in [0.15, 0.2) is 21.6 Å². The maximum Gasteiger partial charge on any atom is 0.275 e. The molecule has 1 unspecified atom stereocenters. The molecular formula is C12H21N3O4S. The fourth-order valence-corrected chi connectivity index (χ4v) is 2.46. The second-order valence-electron chi connectivity index (χ2n) is 5.01. The molecule has 1 atom stereocenters. The highest BCUT2D eigenvalue weighted by Gasteiger charge is 2.23. The molecule has 114 valence electrons. The van der Waals surface area contributed by atoms with E-state index >= 15 is 0 Å². The Labute approximate surface area is 119 Å². The molecule has 0 saturated heterocycles. The van der Waals surface area contributed by atoms with Crippen molar-refractivity contribution in [2.45, 2.75) is 31.5 Å². The number of primary amides is 1. The lowest BCUT2D eigenvalue weighted by Gasteiger charge is -2.18. The average molecular weight is 303 g/mol. The Morgan fingerprint density at radius 3 is 2.45 bits per heavy atom. The third-order valence-corrected chi connectivity index (χ3v) is 4.53. The molecule has 1 amide bonds. The van der Waals surface area contributed by atoms with Gasteiger partial charge in [0, 0.05) is 14.1 Å². The smallest absolute Gasteiger partial charge is 0.275 e. The molecule has 0 aliphatic heterocycles. The average Bonchev–Trinajstić information content (AvgIpc) is 2.77. The first-order valence-electron chi connectivity index (χ1n) is 6.20. The summed E-state index contributed by atoms with van der Waals surface area (Å²) >= 11 is 0. The predicted molar refractivity (Wildman–Crippen MR) is 74.2 cm³/mol. The summed E-state index contributed by atoms with van der Waals surface area (Å²) in [4.78, 5) is 11.2. The summed E-state index contributed by atoms with van der Waals surface area (Å²) in [6.45, 7) is 3.97. The molecule has 8 heteroatoms. The maximum absolute atomic E-state index is 11.8. The van der Waals surface area contributed by atoms with Crippen LogP contribution in [0.2, 0.25) is 0 Å². The minimum Gasteiger partial charge on any atom is -0.447 e. The van der Waals surface area contributed by atoms with Gasteiger partial charge in [0.1, 0.15) is 5.76 Å². The van der Waals surface area contributed by atoms with E-state index in [0.29, 0.717) is 5.76 Å². The van der Waals surface area contributed by atoms with Gasteiger partial charge in [0.25, 0.3) is 10.0 Å². The quantitative estimate of drug-likeness (QED) is 0.745. The van der Waals surface area contributed by atoms with Crippen LogP contribution in [-0.4, -0.2) is 38.8 Å². The van der Waals surface area contributed by atoms with Crippen molar-refractivity contribution in [3.05, 3.63) is 17.9 Å². The van der Waals surface area contributed by atoms with Gasteiger partial charge in [-0.1, -0.05) is 13.8 Å². The number of carbonyl (C=O) groups excluding carboxylic acids is 1. The number of furan rings is 1. The number of hydrogen-bond donors (Lipinski definition) is 2. The van der Waals surface area contributed by atoms with Gasteiger partial charge < -0.3 is 10.2 Å². The normalized spacial score (nSPS) is 13.9. The lowest BCUT2D eigenvalue weighted by atomic mass is 10.0. The molecule has 1 rings (SSSR count). The molecular weight excluding hydrogens is 282 g/mol. The van der Waals surface area contributed by atoms with E-state index in [1.165, 1.54) is 20.2 Å². The molecule has 7 nitrogen and oxygen atoms in total. The first kappa shape index (κ1) is 16.7. The summed E-state index contributed by atoms with van der Waals surface area (Å²) in [6.07, 6.45) is 0. The number of sulfonamides is 1. The van der Waals surface area contributed by atoms with Gasteiger partial charge in [-0.2, -0.15) is 0 Å². The maximum atomic E-state index is 11.8. The zero-order chi connectivity index (χ0) is 15.5. The Balaban J connectivity index is 2.77. The highest BCUT2D eigenvalue weighted by molar-refractivity contribution is 7.88. The fraction of sp³-hybridized carbons (Fsp3) is 0.583. The van der Waals surface area contributed by atoms with Gasteiger partial charge in [-0.15, -0.1) is 0 Å². The molecule has 3 N–H and O–H groups in total. The number of amides is 1. The Morgan fingerprint density at radius 1 is 1.40 bits per heavy atom. The molecule has 0 fully saturated rings. The molecule has 1 heterocycles. The molecule has 20 heavy (non-hydrogen) atoms. The van der Waals surface area contributed by atoms with E-state index in [9.17, 15) is 13.2 Å². The van der Waals surface area contributed by atoms with Crippen molar-refractivity contribution in [3.63, 3.8) is 0 Å². The number of hydrogen-bond acceptors (Lipinski definition) is 5. The Bertz CT molecular complexity index is 563. The van der Waals surface area contributed by atoms with Crippen molar-refractivity contribution in [1.29, 1.82) is 0 Å². The molecule has 0 bridgehead atoms. The predicted octanol–water partition coefficient (Wildman–Crippen LogP) is 0.129. The van der Waals surface area contributed by atoms with Gasteiger partial charge in [0.2, 0.25) is 11.0 Å². The van der Waals surface area contributed by atoms with Crippen molar-refractivity contribution < 1.29 is 17.6 Å². The molecule has 1 aromatic rings. The van der Waals surface area contributed by atoms with E-state index in [1.54, 1.807) is 6.07 Å². The highest BCUT2D eigenvalue weighted by Crippen LogP contribution is 2.17. The van der Waals surface area contributed by atoms with E-state index in [1.807, 2.05) is 13.8 Å². The first-order chi connectivity index (χ1) is 9.16. The second-order valence-corrected chi connectivity index (χ2v) is 7.10. The Morgan fingerprint density at radius 2 is 2.00 bits per heavy atom. The molecule has 0 aromatic carbocycles. The summed E-state index contributed by atoms with van der Waals surface area (Å²) < 4.78 is 30.0. The first-order valence-corrected chi connectivity index (χ1v) is 7.64. The van der Waals surface area contributed by atoms with Crippen molar-refractivity contribution in [1.82, 2.24) is 9.62 Å². The van der Waals surface area contributed by atoms with Crippen molar-refractivity contribution in [2.24, 2.45) is 11.7 Å². The topological polar surface area (TPSA) is 106 Å². The zero-order valence-corrected chi connectivity index (χ0v) is 12.9. The van der Waals surface area contributed by atoms with Crippen LogP contribution in [-0.2, 0) is 21.4 Å². The van der Waals surface area contributed by atoms with E-state index < -0.39 is 22.0 Å². The van der Waals surface area contributed by atoms with Gasteiger partial charge in [0.05, 0.1) is 12.6 Å². The van der Waals surface area contributed by atoms with Crippen LogP contribution in [0, 0.1) is 5.92 Å². The lowest BCUT2D eigenvalue weighted by Crippen LogP contribution is -2.44. The minimum atomic E-state index is -3.58. The van der Waals surface area contributed by atoms with E-state index in [4.69, 9.17) is 10.2 Å². The van der Waals surface area contributed by atoms with Crippen LogP contribution in [0.4, 0.5) is 0 Å². The van der Waals surface area contributed by atoms with Gasteiger partial charge in [0.15, 0.2) is 0 Å². The number of nitrogens with two attached hydrogens (primary N) is 1. The Hall–Kier alpha value is -1.38. The minimum absolute atomic E-state index is 0.0347. The number of carbonyl (C=O) groups is 1. The van der Waals surface area contributed by atoms with E-state index in [2.05, 4.69) is 5.32 Å². The number of rotatable bonds is 7. The monoisotopic (exact) mass is 303 g/mol. The summed E-state index contributed by atoms with van der Waals surface area (Å²) in [7, 11) is -0.724. The van der Waals surface area contributed by atoms with Gasteiger partial charge in [-0.25, -0.2) is 12.7 Å². The molecule has 0 spiro atoms. The zero-order valence-electron chi connectivity index (χ0n) is 12.1. The molecule has 0 aliphatic rings. The standard InChI is InChI=1S/C12H21N3O4S/c1-8(2)11(12(13)16)14-7-9-5-6-10(19-9)20(17,18)15(3)4/h5-6,8,11,14H,7H2,1-4H3,(H2,13,16). The van der Waals surface area contributed by atoms with Crippen LogP contribution >= 0.6 is 0 Å². The summed E-state index contributed by atoms with van der Waals surface area (Å²) in [6, 6.07) is 2.46. The van der Waals surface area contributed by atoms with Crippen molar-refractivity contribution >= 4 is 15.9 Å². The highest BCUT2D eigenvalue weighted by atomic mass is 32.2. The third-order valence-electron chi connectivity index (χ3n) is 2.84. The summed E-state index contributed by atoms with van der Waals surface area (Å²) in [5.41, 5.74) is 5.28. The molecule has 0 saturated carbocycles. The van der Waals surface area contributed by atoms with Crippen LogP contribution in [0.25, 0.3) is 0 Å². The third kappa shape index (κ3) is 3.81. The van der Waals surface area contributed by atoms with Crippen molar-refractivity contribution in [2.75, 3.05) is 14.1 Å². The second kappa shape index (κ2) is 6.38. The van der Waals surface area contributed by atoms with Crippen LogP contribution < -0.4 is 11.1 Å². The van der Waals surface area contributed by atoms with Crippen LogP contribution in [0.5, 0.6) is 0 Å². The molecule has 0 aliphatic carbocycles. The van der Waals surface area contributed by atoms with Crippen molar-refractivity contribution in [3.8, 4) is 0 Å². The van der Waals surface area contributed by atoms with Gasteiger partial charge >= 0.3 is 0 Å². The van der Waals surface area contributed by atoms with Gasteiger partial charge in [-0.3, -0.25) is 10.1 Å². The molecule has 0 radical (unpaired) electrons. The lowest BCUT2D eigenvalue weighted by molar-refractivity contribution is -0.121. The number of nitrogens with zero attached hydrogens (tertiary/aromatic N) is 1. The van der Waals surface area contributed by atoms with E-state index in [0.717, 1.165) is 4.31 Å². The molecule has 1 aromatic heterocycles.